The highest BCUT2D eigenvalue weighted by Crippen LogP contribution is 2.16. The highest BCUT2D eigenvalue weighted by molar-refractivity contribution is 5.51. The fourth-order valence-corrected chi connectivity index (χ4v) is 2.12. The van der Waals surface area contributed by atoms with Crippen molar-refractivity contribution in [2.75, 3.05) is 30.9 Å². The Morgan fingerprint density at radius 1 is 1.56 bits per heavy atom. The van der Waals surface area contributed by atoms with Gasteiger partial charge in [-0.2, -0.15) is 0 Å². The number of rotatable bonds is 3. The van der Waals surface area contributed by atoms with Gasteiger partial charge in [0, 0.05) is 30.5 Å². The smallest absolute Gasteiger partial charge is 0.141 e. The molecule has 2 rings (SSSR count). The van der Waals surface area contributed by atoms with Gasteiger partial charge in [0.2, 0.25) is 0 Å². The lowest BCUT2D eigenvalue weighted by Gasteiger charge is -2.30. The minimum absolute atomic E-state index is 0.520. The largest absolute Gasteiger partial charge is 0.381 e. The van der Waals surface area contributed by atoms with Gasteiger partial charge in [-0.25, -0.2) is 10.8 Å². The molecular weight excluding hydrogens is 202 g/mol. The summed E-state index contributed by atoms with van der Waals surface area (Å²) in [7, 11) is 2.16. The third-order valence-corrected chi connectivity index (χ3v) is 2.90. The Morgan fingerprint density at radius 2 is 2.44 bits per heavy atom. The molecule has 0 aromatic carbocycles. The number of nitrogens with zero attached hydrogens (tertiary/aromatic N) is 2. The molecule has 1 fully saturated rings. The molecule has 0 bridgehead atoms. The summed E-state index contributed by atoms with van der Waals surface area (Å²) in [4.78, 5) is 6.43. The number of likely N-dealkylation sites (N-methyl/N-ethyl adjacent to an activating group) is 1. The summed E-state index contributed by atoms with van der Waals surface area (Å²) in [6.45, 7) is 2.29. The van der Waals surface area contributed by atoms with E-state index in [0.29, 0.717) is 11.9 Å². The fourth-order valence-electron chi connectivity index (χ4n) is 2.12. The van der Waals surface area contributed by atoms with Crippen LogP contribution < -0.4 is 16.6 Å². The number of hydrazine groups is 1. The first kappa shape index (κ1) is 11.2. The Balaban J connectivity index is 1.97. The van der Waals surface area contributed by atoms with Crippen molar-refractivity contribution >= 4 is 11.5 Å². The minimum atomic E-state index is 0.520. The molecule has 2 heterocycles. The van der Waals surface area contributed by atoms with E-state index >= 15 is 0 Å². The summed E-state index contributed by atoms with van der Waals surface area (Å²) in [5.74, 6) is 6.01. The standard InChI is InChI=1S/C11H19N5/c1-16-6-2-3-10(8-16)14-9-4-5-13-11(7-9)15-12/h4-5,7,10H,2-3,6,8,12H2,1H3,(H2,13,14,15). The molecule has 1 aliphatic heterocycles. The number of likely N-dealkylation sites (tertiary alicyclic amines) is 1. The van der Waals surface area contributed by atoms with E-state index in [4.69, 9.17) is 5.84 Å². The predicted octanol–water partition coefficient (Wildman–Crippen LogP) is 0.873. The molecule has 1 atom stereocenters. The Bertz CT molecular complexity index is 341. The van der Waals surface area contributed by atoms with Gasteiger partial charge in [0.15, 0.2) is 0 Å². The second kappa shape index (κ2) is 5.14. The van der Waals surface area contributed by atoms with Crippen molar-refractivity contribution in [1.29, 1.82) is 0 Å². The number of hydrogen-bond donors (Lipinski definition) is 3. The quantitative estimate of drug-likeness (QED) is 0.522. The highest BCUT2D eigenvalue weighted by atomic mass is 15.2. The maximum Gasteiger partial charge on any atom is 0.141 e. The Kier molecular flexibility index (Phi) is 3.58. The van der Waals surface area contributed by atoms with Crippen LogP contribution in [-0.4, -0.2) is 36.1 Å². The molecule has 88 valence electrons. The van der Waals surface area contributed by atoms with Crippen LogP contribution in [0, 0.1) is 0 Å². The average molecular weight is 221 g/mol. The van der Waals surface area contributed by atoms with Crippen LogP contribution in [0.15, 0.2) is 18.3 Å². The number of hydrogen-bond acceptors (Lipinski definition) is 5. The first-order chi connectivity index (χ1) is 7.78. The summed E-state index contributed by atoms with van der Waals surface area (Å²) in [6, 6.07) is 4.41. The van der Waals surface area contributed by atoms with E-state index in [0.717, 1.165) is 12.2 Å². The zero-order valence-electron chi connectivity index (χ0n) is 9.61. The van der Waals surface area contributed by atoms with Crippen molar-refractivity contribution in [3.8, 4) is 0 Å². The van der Waals surface area contributed by atoms with E-state index < -0.39 is 0 Å². The maximum absolute atomic E-state index is 5.33. The highest BCUT2D eigenvalue weighted by Gasteiger charge is 2.16. The SMILES string of the molecule is CN1CCCC(Nc2ccnc(NN)c2)C1. The van der Waals surface area contributed by atoms with Crippen molar-refractivity contribution in [3.63, 3.8) is 0 Å². The molecule has 1 unspecified atom stereocenters. The lowest BCUT2D eigenvalue weighted by Crippen LogP contribution is -2.39. The summed E-state index contributed by atoms with van der Waals surface area (Å²) < 4.78 is 0. The molecular formula is C11H19N5. The van der Waals surface area contributed by atoms with Crippen LogP contribution in [0.4, 0.5) is 11.5 Å². The Hall–Kier alpha value is -1.33. The second-order valence-corrected chi connectivity index (χ2v) is 4.32. The average Bonchev–Trinajstić information content (AvgIpc) is 2.29. The minimum Gasteiger partial charge on any atom is -0.381 e. The van der Waals surface area contributed by atoms with Crippen molar-refractivity contribution < 1.29 is 0 Å². The number of aromatic nitrogens is 1. The first-order valence-electron chi connectivity index (χ1n) is 5.65. The third kappa shape index (κ3) is 2.84. The van der Waals surface area contributed by atoms with Crippen LogP contribution in [0.1, 0.15) is 12.8 Å². The Morgan fingerprint density at radius 3 is 3.19 bits per heavy atom. The van der Waals surface area contributed by atoms with Crippen molar-refractivity contribution in [3.05, 3.63) is 18.3 Å². The lowest BCUT2D eigenvalue weighted by atomic mass is 10.1. The zero-order chi connectivity index (χ0) is 11.4. The van der Waals surface area contributed by atoms with Crippen LogP contribution in [0.3, 0.4) is 0 Å². The van der Waals surface area contributed by atoms with E-state index in [9.17, 15) is 0 Å². The summed E-state index contributed by atoms with van der Waals surface area (Å²) in [5, 5.41) is 3.51. The summed E-state index contributed by atoms with van der Waals surface area (Å²) in [6.07, 6.45) is 4.23. The van der Waals surface area contributed by atoms with E-state index in [1.165, 1.54) is 19.4 Å². The van der Waals surface area contributed by atoms with Crippen LogP contribution in [0.2, 0.25) is 0 Å². The van der Waals surface area contributed by atoms with Gasteiger partial charge in [0.1, 0.15) is 5.82 Å². The van der Waals surface area contributed by atoms with Crippen LogP contribution in [-0.2, 0) is 0 Å². The molecule has 5 nitrogen and oxygen atoms in total. The normalized spacial score (nSPS) is 21.8. The Labute approximate surface area is 96.0 Å². The van der Waals surface area contributed by atoms with Gasteiger partial charge in [0.25, 0.3) is 0 Å². The molecule has 16 heavy (non-hydrogen) atoms. The van der Waals surface area contributed by atoms with Crippen LogP contribution in [0.25, 0.3) is 0 Å². The van der Waals surface area contributed by atoms with Gasteiger partial charge >= 0.3 is 0 Å². The molecule has 0 spiro atoms. The molecule has 1 aliphatic rings. The number of nitrogens with one attached hydrogen (secondary N) is 2. The number of nitrogens with two attached hydrogens (primary N) is 1. The molecule has 0 radical (unpaired) electrons. The molecule has 1 saturated heterocycles. The van der Waals surface area contributed by atoms with E-state index in [1.54, 1.807) is 6.20 Å². The van der Waals surface area contributed by atoms with E-state index in [1.807, 2.05) is 12.1 Å². The zero-order valence-corrected chi connectivity index (χ0v) is 9.61. The molecule has 0 amide bonds. The molecule has 1 aromatic heterocycles. The van der Waals surface area contributed by atoms with Gasteiger partial charge in [0.05, 0.1) is 0 Å². The molecule has 4 N–H and O–H groups in total. The molecule has 5 heteroatoms. The van der Waals surface area contributed by atoms with Gasteiger partial charge < -0.3 is 15.6 Å². The number of anilines is 2. The number of nitrogen functional groups attached to an aromatic ring is 1. The van der Waals surface area contributed by atoms with Gasteiger partial charge in [-0.3, -0.25) is 0 Å². The second-order valence-electron chi connectivity index (χ2n) is 4.32. The van der Waals surface area contributed by atoms with Crippen molar-refractivity contribution in [2.24, 2.45) is 5.84 Å². The summed E-state index contributed by atoms with van der Waals surface area (Å²) in [5.41, 5.74) is 3.62. The van der Waals surface area contributed by atoms with Crippen molar-refractivity contribution in [1.82, 2.24) is 9.88 Å². The molecule has 0 saturated carbocycles. The van der Waals surface area contributed by atoms with Gasteiger partial charge in [-0.15, -0.1) is 0 Å². The molecule has 0 aliphatic carbocycles. The topological polar surface area (TPSA) is 66.2 Å². The van der Waals surface area contributed by atoms with E-state index in [2.05, 4.69) is 27.7 Å². The predicted molar refractivity (Wildman–Crippen MR) is 66.2 cm³/mol. The van der Waals surface area contributed by atoms with Crippen LogP contribution in [0.5, 0.6) is 0 Å². The third-order valence-electron chi connectivity index (χ3n) is 2.90. The van der Waals surface area contributed by atoms with Gasteiger partial charge in [-0.05, 0) is 32.5 Å². The number of piperidine rings is 1. The fraction of sp³-hybridized carbons (Fsp3) is 0.545. The lowest BCUT2D eigenvalue weighted by molar-refractivity contribution is 0.261. The van der Waals surface area contributed by atoms with Crippen molar-refractivity contribution in [2.45, 2.75) is 18.9 Å². The summed E-state index contributed by atoms with van der Waals surface area (Å²) >= 11 is 0. The first-order valence-corrected chi connectivity index (χ1v) is 5.65. The maximum atomic E-state index is 5.33. The van der Waals surface area contributed by atoms with Crippen LogP contribution >= 0.6 is 0 Å². The van der Waals surface area contributed by atoms with Gasteiger partial charge in [-0.1, -0.05) is 0 Å². The number of pyridine rings is 1. The molecule has 1 aromatic rings. The monoisotopic (exact) mass is 221 g/mol. The van der Waals surface area contributed by atoms with E-state index in [-0.39, 0.29) is 0 Å².